The molecule has 0 heterocycles. The maximum atomic E-state index is 5.45. The Morgan fingerprint density at radius 2 is 1.71 bits per heavy atom. The molecule has 0 atom stereocenters. The average Bonchev–Trinajstić information content (AvgIpc) is 2.31. The van der Waals surface area contributed by atoms with Gasteiger partial charge >= 0.3 is 0 Å². The lowest BCUT2D eigenvalue weighted by Crippen LogP contribution is -2.38. The SMILES string of the molecule is CN=C(NCCCOC)NCCCOC(C)C. The van der Waals surface area contributed by atoms with Crippen molar-refractivity contribution in [2.75, 3.05) is 40.5 Å². The van der Waals surface area contributed by atoms with E-state index in [1.807, 2.05) is 13.8 Å². The standard InChI is InChI=1S/C12H27N3O2/c1-11(2)17-10-6-8-15-12(13-3)14-7-5-9-16-4/h11H,5-10H2,1-4H3,(H2,13,14,15). The van der Waals surface area contributed by atoms with E-state index < -0.39 is 0 Å². The summed E-state index contributed by atoms with van der Waals surface area (Å²) in [5, 5.41) is 6.46. The van der Waals surface area contributed by atoms with Gasteiger partial charge in [0.2, 0.25) is 0 Å². The zero-order valence-corrected chi connectivity index (χ0v) is 11.6. The Bertz CT molecular complexity index is 196. The van der Waals surface area contributed by atoms with Gasteiger partial charge in [-0.25, -0.2) is 0 Å². The first-order chi connectivity index (χ1) is 8.20. The number of nitrogens with zero attached hydrogens (tertiary/aromatic N) is 1. The summed E-state index contributed by atoms with van der Waals surface area (Å²) in [6.07, 6.45) is 2.27. The summed E-state index contributed by atoms with van der Waals surface area (Å²) in [7, 11) is 3.48. The van der Waals surface area contributed by atoms with Gasteiger partial charge in [-0.05, 0) is 26.7 Å². The van der Waals surface area contributed by atoms with Gasteiger partial charge in [0.05, 0.1) is 6.10 Å². The average molecular weight is 245 g/mol. The van der Waals surface area contributed by atoms with Crippen molar-refractivity contribution in [3.8, 4) is 0 Å². The molecule has 0 aliphatic heterocycles. The Hall–Kier alpha value is -0.810. The lowest BCUT2D eigenvalue weighted by Gasteiger charge is -2.12. The molecule has 0 aromatic rings. The van der Waals surface area contributed by atoms with E-state index in [-0.39, 0.29) is 0 Å². The van der Waals surface area contributed by atoms with E-state index in [1.54, 1.807) is 14.2 Å². The van der Waals surface area contributed by atoms with Gasteiger partial charge in [0.25, 0.3) is 0 Å². The molecule has 0 saturated carbocycles. The smallest absolute Gasteiger partial charge is 0.190 e. The van der Waals surface area contributed by atoms with Gasteiger partial charge in [-0.1, -0.05) is 0 Å². The lowest BCUT2D eigenvalue weighted by molar-refractivity contribution is 0.0776. The number of guanidine groups is 1. The highest BCUT2D eigenvalue weighted by atomic mass is 16.5. The van der Waals surface area contributed by atoms with E-state index in [1.165, 1.54) is 0 Å². The van der Waals surface area contributed by atoms with E-state index in [0.29, 0.717) is 6.10 Å². The summed E-state index contributed by atoms with van der Waals surface area (Å²) in [4.78, 5) is 4.13. The molecule has 102 valence electrons. The minimum absolute atomic E-state index is 0.307. The molecule has 0 fully saturated rings. The van der Waals surface area contributed by atoms with E-state index in [9.17, 15) is 0 Å². The fourth-order valence-corrected chi connectivity index (χ4v) is 1.24. The van der Waals surface area contributed by atoms with Crippen LogP contribution in [0.15, 0.2) is 4.99 Å². The topological polar surface area (TPSA) is 54.9 Å². The monoisotopic (exact) mass is 245 g/mol. The van der Waals surface area contributed by atoms with Crippen LogP contribution in [0.5, 0.6) is 0 Å². The van der Waals surface area contributed by atoms with Crippen molar-refractivity contribution in [1.82, 2.24) is 10.6 Å². The van der Waals surface area contributed by atoms with Crippen LogP contribution in [-0.4, -0.2) is 52.5 Å². The van der Waals surface area contributed by atoms with Crippen LogP contribution in [-0.2, 0) is 9.47 Å². The maximum absolute atomic E-state index is 5.45. The number of rotatable bonds is 9. The summed E-state index contributed by atoms with van der Waals surface area (Å²) in [5.41, 5.74) is 0. The quantitative estimate of drug-likeness (QED) is 0.361. The van der Waals surface area contributed by atoms with Gasteiger partial charge in [-0.3, -0.25) is 4.99 Å². The molecule has 0 bridgehead atoms. The first kappa shape index (κ1) is 16.2. The van der Waals surface area contributed by atoms with E-state index in [2.05, 4.69) is 15.6 Å². The normalized spacial score (nSPS) is 11.9. The van der Waals surface area contributed by atoms with Crippen LogP contribution < -0.4 is 10.6 Å². The third-order valence-corrected chi connectivity index (χ3v) is 2.11. The molecule has 0 aliphatic rings. The van der Waals surface area contributed by atoms with E-state index >= 15 is 0 Å². The molecule has 0 aliphatic carbocycles. The second-order valence-electron chi connectivity index (χ2n) is 4.05. The van der Waals surface area contributed by atoms with Crippen LogP contribution in [0.1, 0.15) is 26.7 Å². The van der Waals surface area contributed by atoms with Crippen LogP contribution in [0.2, 0.25) is 0 Å². The van der Waals surface area contributed by atoms with Crippen molar-refractivity contribution in [2.45, 2.75) is 32.8 Å². The minimum atomic E-state index is 0.307. The molecule has 5 nitrogen and oxygen atoms in total. The summed E-state index contributed by atoms with van der Waals surface area (Å²) in [5.74, 6) is 0.839. The van der Waals surface area contributed by atoms with Crippen molar-refractivity contribution < 1.29 is 9.47 Å². The first-order valence-electron chi connectivity index (χ1n) is 6.25. The predicted octanol–water partition coefficient (Wildman–Crippen LogP) is 1.00. The van der Waals surface area contributed by atoms with Gasteiger partial charge < -0.3 is 20.1 Å². The molecule has 0 aromatic heterocycles. The summed E-state index contributed by atoms with van der Waals surface area (Å²) >= 11 is 0. The number of nitrogens with one attached hydrogen (secondary N) is 2. The van der Waals surface area contributed by atoms with Gasteiger partial charge in [0, 0.05) is 40.5 Å². The third-order valence-electron chi connectivity index (χ3n) is 2.11. The zero-order valence-electron chi connectivity index (χ0n) is 11.6. The fraction of sp³-hybridized carbons (Fsp3) is 0.917. The van der Waals surface area contributed by atoms with Gasteiger partial charge in [0.1, 0.15) is 0 Å². The largest absolute Gasteiger partial charge is 0.385 e. The molecule has 0 saturated heterocycles. The highest BCUT2D eigenvalue weighted by molar-refractivity contribution is 5.79. The second-order valence-corrected chi connectivity index (χ2v) is 4.05. The molecule has 5 heteroatoms. The molecule has 2 N–H and O–H groups in total. The number of aliphatic imine (C=N–C) groups is 1. The highest BCUT2D eigenvalue weighted by Gasteiger charge is 1.97. The number of methoxy groups -OCH3 is 1. The van der Waals surface area contributed by atoms with Crippen molar-refractivity contribution in [3.63, 3.8) is 0 Å². The van der Waals surface area contributed by atoms with Crippen molar-refractivity contribution in [2.24, 2.45) is 4.99 Å². The summed E-state index contributed by atoms with van der Waals surface area (Å²) < 4.78 is 10.4. The molecule has 0 radical (unpaired) electrons. The van der Waals surface area contributed by atoms with E-state index in [0.717, 1.165) is 45.1 Å². The van der Waals surface area contributed by atoms with Crippen LogP contribution >= 0.6 is 0 Å². The Balaban J connectivity index is 3.42. The molecular weight excluding hydrogens is 218 g/mol. The first-order valence-corrected chi connectivity index (χ1v) is 6.25. The minimum Gasteiger partial charge on any atom is -0.385 e. The Morgan fingerprint density at radius 1 is 1.12 bits per heavy atom. The Kier molecular flexibility index (Phi) is 11.1. The van der Waals surface area contributed by atoms with Gasteiger partial charge in [0.15, 0.2) is 5.96 Å². The van der Waals surface area contributed by atoms with E-state index in [4.69, 9.17) is 9.47 Å². The van der Waals surface area contributed by atoms with Gasteiger partial charge in [-0.2, -0.15) is 0 Å². The predicted molar refractivity (Wildman–Crippen MR) is 71.6 cm³/mol. The maximum Gasteiger partial charge on any atom is 0.190 e. The molecule has 17 heavy (non-hydrogen) atoms. The Morgan fingerprint density at radius 3 is 2.18 bits per heavy atom. The fourth-order valence-electron chi connectivity index (χ4n) is 1.24. The van der Waals surface area contributed by atoms with Crippen molar-refractivity contribution in [1.29, 1.82) is 0 Å². The molecular formula is C12H27N3O2. The third kappa shape index (κ3) is 11.5. The highest BCUT2D eigenvalue weighted by Crippen LogP contribution is 1.89. The van der Waals surface area contributed by atoms with Crippen LogP contribution in [0.3, 0.4) is 0 Å². The van der Waals surface area contributed by atoms with Crippen molar-refractivity contribution >= 4 is 5.96 Å². The summed E-state index contributed by atoms with van der Waals surface area (Å²) in [6.45, 7) is 7.39. The molecule has 0 amide bonds. The summed E-state index contributed by atoms with van der Waals surface area (Å²) in [6, 6.07) is 0. The number of ether oxygens (including phenoxy) is 2. The number of hydrogen-bond donors (Lipinski definition) is 2. The molecule has 0 aromatic carbocycles. The molecule has 0 rings (SSSR count). The Labute approximate surface area is 105 Å². The van der Waals surface area contributed by atoms with Crippen LogP contribution in [0.25, 0.3) is 0 Å². The molecule has 0 spiro atoms. The second kappa shape index (κ2) is 11.7. The van der Waals surface area contributed by atoms with Crippen LogP contribution in [0.4, 0.5) is 0 Å². The molecule has 0 unspecified atom stereocenters. The number of hydrogen-bond acceptors (Lipinski definition) is 3. The lowest BCUT2D eigenvalue weighted by atomic mass is 10.4. The van der Waals surface area contributed by atoms with Crippen molar-refractivity contribution in [3.05, 3.63) is 0 Å². The van der Waals surface area contributed by atoms with Gasteiger partial charge in [-0.15, -0.1) is 0 Å². The zero-order chi connectivity index (χ0) is 12.9. The van der Waals surface area contributed by atoms with Crippen LogP contribution in [0, 0.1) is 0 Å².